The molecule has 1 heterocycles. The van der Waals surface area contributed by atoms with Gasteiger partial charge in [-0.2, -0.15) is 0 Å². The number of hydrogen-bond donors (Lipinski definition) is 0. The zero-order chi connectivity index (χ0) is 22.6. The third-order valence-electron chi connectivity index (χ3n) is 5.19. The Morgan fingerprint density at radius 3 is 1.15 bits per heavy atom. The van der Waals surface area contributed by atoms with Crippen molar-refractivity contribution >= 4 is 5.69 Å². The summed E-state index contributed by atoms with van der Waals surface area (Å²) < 4.78 is 4.10. The van der Waals surface area contributed by atoms with Gasteiger partial charge in [-0.1, -0.05) is 72.8 Å². The van der Waals surface area contributed by atoms with Crippen LogP contribution in [-0.2, 0) is 0 Å². The first kappa shape index (κ1) is 20.2. The van der Waals surface area contributed by atoms with E-state index in [1.807, 2.05) is 97.1 Å². The van der Waals surface area contributed by atoms with Crippen LogP contribution in [0.25, 0.3) is 17.1 Å². The van der Waals surface area contributed by atoms with E-state index in [0.717, 1.165) is 0 Å². The Bertz CT molecular complexity index is 1490. The Hall–Kier alpha value is -4.71. The Morgan fingerprint density at radius 1 is 0.424 bits per heavy atom. The summed E-state index contributed by atoms with van der Waals surface area (Å²) in [5, 5.41) is 0. The number of benzene rings is 4. The van der Waals surface area contributed by atoms with Gasteiger partial charge in [0.25, 0.3) is 0 Å². The molecule has 160 valence electrons. The van der Waals surface area contributed by atoms with Gasteiger partial charge in [0.15, 0.2) is 0 Å². The highest BCUT2D eigenvalue weighted by atomic mass is 16.2. The third kappa shape index (κ3) is 3.85. The summed E-state index contributed by atoms with van der Waals surface area (Å²) in [4.78, 5) is 32.4. The van der Waals surface area contributed by atoms with Crippen LogP contribution in [0.15, 0.2) is 136 Å². The normalized spacial score (nSPS) is 10.7. The van der Waals surface area contributed by atoms with E-state index >= 15 is 0 Å². The van der Waals surface area contributed by atoms with Gasteiger partial charge >= 0.3 is 11.4 Å². The fourth-order valence-electron chi connectivity index (χ4n) is 3.67. The molecule has 0 bridgehead atoms. The highest BCUT2D eigenvalue weighted by Gasteiger charge is 2.18. The first-order valence-corrected chi connectivity index (χ1v) is 10.5. The lowest BCUT2D eigenvalue weighted by Crippen LogP contribution is -2.53. The van der Waals surface area contributed by atoms with Crippen molar-refractivity contribution in [1.82, 2.24) is 13.7 Å². The van der Waals surface area contributed by atoms with Gasteiger partial charge in [0.05, 0.1) is 22.7 Å². The van der Waals surface area contributed by atoms with Crippen LogP contribution >= 0.6 is 0 Å². The van der Waals surface area contributed by atoms with Gasteiger partial charge in [0.1, 0.15) is 0 Å². The summed E-state index contributed by atoms with van der Waals surface area (Å²) >= 11 is 0. The predicted molar refractivity (Wildman–Crippen MR) is 129 cm³/mol. The van der Waals surface area contributed by atoms with Crippen molar-refractivity contribution < 1.29 is 0 Å². The topological polar surface area (TPSA) is 61.3 Å². The van der Waals surface area contributed by atoms with E-state index in [1.165, 1.54) is 13.7 Å². The Kier molecular flexibility index (Phi) is 5.39. The molecule has 0 saturated carbocycles. The van der Waals surface area contributed by atoms with E-state index < -0.39 is 11.4 Å². The van der Waals surface area contributed by atoms with E-state index in [9.17, 15) is 9.59 Å². The number of aromatic nitrogens is 3. The van der Waals surface area contributed by atoms with Crippen LogP contribution in [0.1, 0.15) is 0 Å². The van der Waals surface area contributed by atoms with Gasteiger partial charge in [-0.05, 0) is 48.5 Å². The molecule has 1 aromatic heterocycles. The summed E-state index contributed by atoms with van der Waals surface area (Å²) in [7, 11) is 0. The molecular formula is C27H20N4O2. The molecule has 0 spiro atoms. The molecule has 0 radical (unpaired) electrons. The van der Waals surface area contributed by atoms with Crippen molar-refractivity contribution in [3.63, 3.8) is 0 Å². The lowest BCUT2D eigenvalue weighted by atomic mass is 10.3. The van der Waals surface area contributed by atoms with E-state index in [4.69, 9.17) is 4.99 Å². The predicted octanol–water partition coefficient (Wildman–Crippen LogP) is 4.01. The molecule has 0 atom stereocenters. The summed E-state index contributed by atoms with van der Waals surface area (Å²) in [6, 6.07) is 36.6. The average Bonchev–Trinajstić information content (AvgIpc) is 2.87. The van der Waals surface area contributed by atoms with Crippen molar-refractivity contribution in [2.24, 2.45) is 4.99 Å². The van der Waals surface area contributed by atoms with E-state index in [0.29, 0.717) is 22.7 Å². The molecule has 0 unspecified atom stereocenters. The van der Waals surface area contributed by atoms with Crippen molar-refractivity contribution in [2.75, 3.05) is 0 Å². The standard InChI is InChI=1S/C27H20N4O2/c32-26-29(22-15-7-2-8-16-22)25(28-21-13-5-1-6-14-21)30(23-17-9-3-10-18-23)27(33)31(26)24-19-11-4-12-20-24/h1-20H. The molecule has 0 saturated heterocycles. The molecule has 0 aliphatic rings. The molecule has 0 aliphatic heterocycles. The first-order chi connectivity index (χ1) is 16.2. The zero-order valence-corrected chi connectivity index (χ0v) is 17.7. The molecule has 4 aromatic carbocycles. The van der Waals surface area contributed by atoms with Gasteiger partial charge in [-0.15, -0.1) is 0 Å². The highest BCUT2D eigenvalue weighted by molar-refractivity contribution is 5.39. The maximum atomic E-state index is 13.8. The summed E-state index contributed by atoms with van der Waals surface area (Å²) in [6.07, 6.45) is 0. The second kappa shape index (κ2) is 8.80. The first-order valence-electron chi connectivity index (χ1n) is 10.5. The van der Waals surface area contributed by atoms with Gasteiger partial charge in [0.2, 0.25) is 5.62 Å². The van der Waals surface area contributed by atoms with Gasteiger partial charge < -0.3 is 0 Å². The Labute approximate surface area is 189 Å². The monoisotopic (exact) mass is 432 g/mol. The van der Waals surface area contributed by atoms with E-state index in [1.54, 1.807) is 24.3 Å². The van der Waals surface area contributed by atoms with Crippen LogP contribution in [0.2, 0.25) is 0 Å². The lowest BCUT2D eigenvalue weighted by molar-refractivity contribution is 0.644. The van der Waals surface area contributed by atoms with Crippen LogP contribution in [-0.4, -0.2) is 13.7 Å². The summed E-state index contributed by atoms with van der Waals surface area (Å²) in [6.45, 7) is 0. The minimum absolute atomic E-state index is 0.209. The second-order valence-corrected chi connectivity index (χ2v) is 7.33. The molecule has 0 amide bonds. The molecule has 33 heavy (non-hydrogen) atoms. The average molecular weight is 432 g/mol. The van der Waals surface area contributed by atoms with Crippen molar-refractivity contribution in [1.29, 1.82) is 0 Å². The Balaban J connectivity index is 2.01. The van der Waals surface area contributed by atoms with E-state index in [2.05, 4.69) is 0 Å². The lowest BCUT2D eigenvalue weighted by Gasteiger charge is -2.16. The number of hydrogen-bond acceptors (Lipinski definition) is 3. The molecule has 0 aliphatic carbocycles. The zero-order valence-electron chi connectivity index (χ0n) is 17.7. The third-order valence-corrected chi connectivity index (χ3v) is 5.19. The largest absolute Gasteiger partial charge is 0.344 e. The minimum atomic E-state index is -0.501. The molecule has 5 rings (SSSR count). The van der Waals surface area contributed by atoms with E-state index in [-0.39, 0.29) is 5.62 Å². The quantitative estimate of drug-likeness (QED) is 0.431. The molecular weight excluding hydrogens is 412 g/mol. The molecule has 6 heteroatoms. The van der Waals surface area contributed by atoms with Gasteiger partial charge in [-0.25, -0.2) is 28.3 Å². The molecule has 0 N–H and O–H groups in total. The van der Waals surface area contributed by atoms with Crippen LogP contribution < -0.4 is 17.0 Å². The fraction of sp³-hybridized carbons (Fsp3) is 0. The highest BCUT2D eigenvalue weighted by Crippen LogP contribution is 2.11. The van der Waals surface area contributed by atoms with Crippen LogP contribution in [0, 0.1) is 0 Å². The maximum absolute atomic E-state index is 13.8. The van der Waals surface area contributed by atoms with Crippen LogP contribution in [0.5, 0.6) is 0 Å². The number of para-hydroxylation sites is 4. The van der Waals surface area contributed by atoms with Crippen molar-refractivity contribution in [2.45, 2.75) is 0 Å². The Morgan fingerprint density at radius 2 is 0.758 bits per heavy atom. The maximum Gasteiger partial charge on any atom is 0.344 e. The second-order valence-electron chi connectivity index (χ2n) is 7.33. The molecule has 5 aromatic rings. The number of rotatable bonds is 4. The SMILES string of the molecule is O=c1n(-c2ccccc2)c(=O)n(-c2ccccc2)c(=Nc2ccccc2)n1-c1ccccc1. The van der Waals surface area contributed by atoms with Crippen LogP contribution in [0.3, 0.4) is 0 Å². The number of nitrogens with zero attached hydrogens (tertiary/aromatic N) is 4. The van der Waals surface area contributed by atoms with Gasteiger partial charge in [-0.3, -0.25) is 0 Å². The molecule has 6 nitrogen and oxygen atoms in total. The smallest absolute Gasteiger partial charge is 0.247 e. The fourth-order valence-corrected chi connectivity index (χ4v) is 3.67. The van der Waals surface area contributed by atoms with Crippen molar-refractivity contribution in [3.05, 3.63) is 148 Å². The summed E-state index contributed by atoms with van der Waals surface area (Å²) in [5.74, 6) is 0. The van der Waals surface area contributed by atoms with Gasteiger partial charge in [0, 0.05) is 0 Å². The minimum Gasteiger partial charge on any atom is -0.247 e. The van der Waals surface area contributed by atoms with Crippen molar-refractivity contribution in [3.8, 4) is 17.1 Å². The molecule has 0 fully saturated rings. The van der Waals surface area contributed by atoms with Crippen LogP contribution in [0.4, 0.5) is 5.69 Å². The summed E-state index contributed by atoms with van der Waals surface area (Å²) in [5.41, 5.74) is 1.52.